The highest BCUT2D eigenvalue weighted by Gasteiger charge is 2.30. The molecular weight excluding hydrogens is 376 g/mol. The molecule has 5 heteroatoms. The zero-order valence-corrected chi connectivity index (χ0v) is 17.4. The lowest BCUT2D eigenvalue weighted by Crippen LogP contribution is -2.41. The molecule has 0 radical (unpaired) electrons. The summed E-state index contributed by atoms with van der Waals surface area (Å²) in [6, 6.07) is 15.8. The number of hydrogen-bond acceptors (Lipinski definition) is 4. The highest BCUT2D eigenvalue weighted by molar-refractivity contribution is 5.80. The van der Waals surface area contributed by atoms with Crippen LogP contribution in [0.2, 0.25) is 0 Å². The monoisotopic (exact) mass is 404 g/mol. The van der Waals surface area contributed by atoms with Crippen LogP contribution in [0.15, 0.2) is 42.5 Å². The van der Waals surface area contributed by atoms with E-state index in [2.05, 4.69) is 23.5 Å². The molecule has 1 heterocycles. The molecule has 2 fully saturated rings. The van der Waals surface area contributed by atoms with Crippen molar-refractivity contribution in [3.05, 3.63) is 59.2 Å². The molecule has 0 bridgehead atoms. The van der Waals surface area contributed by atoms with E-state index in [1.807, 2.05) is 24.3 Å². The molecule has 0 aromatic heterocycles. The zero-order valence-electron chi connectivity index (χ0n) is 17.4. The van der Waals surface area contributed by atoms with E-state index in [-0.39, 0.29) is 23.8 Å². The first-order valence-corrected chi connectivity index (χ1v) is 10.8. The number of amides is 1. The van der Waals surface area contributed by atoms with E-state index < -0.39 is 0 Å². The summed E-state index contributed by atoms with van der Waals surface area (Å²) in [6.45, 7) is 0.628. The van der Waals surface area contributed by atoms with Gasteiger partial charge in [-0.3, -0.25) is 4.79 Å². The minimum absolute atomic E-state index is 0.0875. The summed E-state index contributed by atoms with van der Waals surface area (Å²) in [7, 11) is 1.67. The van der Waals surface area contributed by atoms with Gasteiger partial charge in [0.05, 0.1) is 24.8 Å². The molecule has 1 saturated carbocycles. The van der Waals surface area contributed by atoms with E-state index >= 15 is 0 Å². The summed E-state index contributed by atoms with van der Waals surface area (Å²) in [5, 5.41) is 12.2. The summed E-state index contributed by atoms with van der Waals surface area (Å²) in [6.07, 6.45) is 6.30. The van der Waals surface area contributed by atoms with Gasteiger partial charge in [0.2, 0.25) is 5.91 Å². The molecule has 1 amide bonds. The first kappa shape index (κ1) is 20.3. The van der Waals surface area contributed by atoms with Crippen molar-refractivity contribution in [3.8, 4) is 17.6 Å². The number of nitrogens with one attached hydrogen (secondary N) is 1. The van der Waals surface area contributed by atoms with Crippen LogP contribution in [0.1, 0.15) is 54.7 Å². The van der Waals surface area contributed by atoms with Gasteiger partial charge in [-0.1, -0.05) is 18.2 Å². The van der Waals surface area contributed by atoms with Crippen LogP contribution in [-0.2, 0) is 11.2 Å². The topological polar surface area (TPSA) is 71.3 Å². The van der Waals surface area contributed by atoms with E-state index in [4.69, 9.17) is 14.7 Å². The largest absolute Gasteiger partial charge is 0.493 e. The molecule has 2 aromatic rings. The molecule has 1 saturated heterocycles. The lowest BCUT2D eigenvalue weighted by Gasteiger charge is -2.30. The van der Waals surface area contributed by atoms with Gasteiger partial charge in [-0.2, -0.15) is 5.26 Å². The molecule has 2 aliphatic rings. The first-order valence-electron chi connectivity index (χ1n) is 10.8. The second-order valence-electron chi connectivity index (χ2n) is 8.33. The summed E-state index contributed by atoms with van der Waals surface area (Å²) < 4.78 is 11.8. The van der Waals surface area contributed by atoms with Crippen LogP contribution in [0, 0.1) is 17.2 Å². The van der Waals surface area contributed by atoms with Crippen molar-refractivity contribution in [3.63, 3.8) is 0 Å². The molecule has 0 spiro atoms. The van der Waals surface area contributed by atoms with Crippen LogP contribution >= 0.6 is 0 Å². The maximum atomic E-state index is 12.5. The van der Waals surface area contributed by atoms with Gasteiger partial charge in [0.1, 0.15) is 0 Å². The second kappa shape index (κ2) is 9.21. The van der Waals surface area contributed by atoms with Crippen molar-refractivity contribution in [1.29, 1.82) is 5.26 Å². The molecule has 1 N–H and O–H groups in total. The number of benzene rings is 2. The number of carbonyl (C=O) groups is 1. The number of methoxy groups -OCH3 is 1. The van der Waals surface area contributed by atoms with Gasteiger partial charge in [0.25, 0.3) is 0 Å². The van der Waals surface area contributed by atoms with Crippen LogP contribution < -0.4 is 14.8 Å². The van der Waals surface area contributed by atoms with Crippen LogP contribution in [0.4, 0.5) is 0 Å². The Kier molecular flexibility index (Phi) is 6.23. The normalized spacial score (nSPS) is 21.7. The smallest absolute Gasteiger partial charge is 0.223 e. The fourth-order valence-electron chi connectivity index (χ4n) is 4.61. The Morgan fingerprint density at radius 2 is 1.97 bits per heavy atom. The third-order valence-corrected chi connectivity index (χ3v) is 6.26. The SMILES string of the molecule is COc1ccc(C2CNC(=O)C(Cc3cccc(C#N)c3)C2)cc1OC1CCCC1. The number of rotatable bonds is 6. The molecular formula is C25H28N2O3. The minimum atomic E-state index is -0.112. The Hall–Kier alpha value is -3.00. The molecule has 1 aliphatic carbocycles. The van der Waals surface area contributed by atoms with E-state index in [0.717, 1.165) is 36.3 Å². The van der Waals surface area contributed by atoms with Crippen molar-refractivity contribution in [2.45, 2.75) is 50.5 Å². The fourth-order valence-corrected chi connectivity index (χ4v) is 4.61. The Bertz CT molecular complexity index is 944. The van der Waals surface area contributed by atoms with Crippen LogP contribution in [-0.4, -0.2) is 25.7 Å². The number of ether oxygens (including phenoxy) is 2. The van der Waals surface area contributed by atoms with Crippen molar-refractivity contribution in [1.82, 2.24) is 5.32 Å². The van der Waals surface area contributed by atoms with Crippen LogP contribution in [0.5, 0.6) is 11.5 Å². The molecule has 30 heavy (non-hydrogen) atoms. The van der Waals surface area contributed by atoms with Crippen molar-refractivity contribution in [2.24, 2.45) is 5.92 Å². The highest BCUT2D eigenvalue weighted by Crippen LogP contribution is 2.37. The maximum absolute atomic E-state index is 12.5. The van der Waals surface area contributed by atoms with E-state index in [0.29, 0.717) is 18.5 Å². The predicted molar refractivity (Wildman–Crippen MR) is 115 cm³/mol. The van der Waals surface area contributed by atoms with Crippen molar-refractivity contribution < 1.29 is 14.3 Å². The summed E-state index contributed by atoms with van der Waals surface area (Å²) >= 11 is 0. The fraction of sp³-hybridized carbons (Fsp3) is 0.440. The summed E-state index contributed by atoms with van der Waals surface area (Å²) in [4.78, 5) is 12.5. The van der Waals surface area contributed by atoms with Gasteiger partial charge in [-0.05, 0) is 73.9 Å². The predicted octanol–water partition coefficient (Wildman–Crippen LogP) is 4.35. The lowest BCUT2D eigenvalue weighted by atomic mass is 9.82. The summed E-state index contributed by atoms with van der Waals surface area (Å²) in [5.74, 6) is 1.76. The highest BCUT2D eigenvalue weighted by atomic mass is 16.5. The van der Waals surface area contributed by atoms with Gasteiger partial charge in [-0.25, -0.2) is 0 Å². The average molecular weight is 405 g/mol. The quantitative estimate of drug-likeness (QED) is 0.777. The molecule has 4 rings (SSSR count). The van der Waals surface area contributed by atoms with E-state index in [1.165, 1.54) is 18.4 Å². The Balaban J connectivity index is 1.50. The molecule has 156 valence electrons. The molecule has 5 nitrogen and oxygen atoms in total. The van der Waals surface area contributed by atoms with Crippen molar-refractivity contribution in [2.75, 3.05) is 13.7 Å². The average Bonchev–Trinajstić information content (AvgIpc) is 3.28. The third-order valence-electron chi connectivity index (χ3n) is 6.26. The third kappa shape index (κ3) is 4.59. The summed E-state index contributed by atoms with van der Waals surface area (Å²) in [5.41, 5.74) is 2.82. The zero-order chi connectivity index (χ0) is 20.9. The Labute approximate surface area is 178 Å². The van der Waals surface area contributed by atoms with Crippen LogP contribution in [0.25, 0.3) is 0 Å². The van der Waals surface area contributed by atoms with E-state index in [9.17, 15) is 4.79 Å². The number of piperidine rings is 1. The second-order valence-corrected chi connectivity index (χ2v) is 8.33. The van der Waals surface area contributed by atoms with E-state index in [1.54, 1.807) is 13.2 Å². The molecule has 2 atom stereocenters. The number of nitrogens with zero attached hydrogens (tertiary/aromatic N) is 1. The minimum Gasteiger partial charge on any atom is -0.493 e. The number of hydrogen-bond donors (Lipinski definition) is 1. The first-order chi connectivity index (χ1) is 14.7. The Morgan fingerprint density at radius 3 is 2.73 bits per heavy atom. The van der Waals surface area contributed by atoms with Gasteiger partial charge in [-0.15, -0.1) is 0 Å². The maximum Gasteiger partial charge on any atom is 0.223 e. The molecule has 2 unspecified atom stereocenters. The number of nitriles is 1. The van der Waals surface area contributed by atoms with Crippen LogP contribution in [0.3, 0.4) is 0 Å². The lowest BCUT2D eigenvalue weighted by molar-refractivity contribution is -0.126. The van der Waals surface area contributed by atoms with Crippen molar-refractivity contribution >= 4 is 5.91 Å². The number of carbonyl (C=O) groups excluding carboxylic acids is 1. The molecule has 2 aromatic carbocycles. The van der Waals surface area contributed by atoms with Gasteiger partial charge in [0, 0.05) is 18.4 Å². The standard InChI is InChI=1S/C25H28N2O3/c1-29-23-10-9-19(14-24(23)30-22-7-2-3-8-22)21-13-20(25(28)27-16-21)12-17-5-4-6-18(11-17)15-26/h4-6,9-11,14,20-22H,2-3,7-8,12-13,16H2,1H3,(H,27,28). The molecule has 1 aliphatic heterocycles. The van der Waals surface area contributed by atoms with Gasteiger partial charge >= 0.3 is 0 Å². The van der Waals surface area contributed by atoms with Gasteiger partial charge in [0.15, 0.2) is 11.5 Å². The Morgan fingerprint density at radius 1 is 1.13 bits per heavy atom. The van der Waals surface area contributed by atoms with Gasteiger partial charge < -0.3 is 14.8 Å².